The number of carbonyl (C=O) groups excluding carboxylic acids is 1. The molecule has 1 heterocycles. The first-order chi connectivity index (χ1) is 16.0. The lowest BCUT2D eigenvalue weighted by Crippen LogP contribution is -2.29. The van der Waals surface area contributed by atoms with Crippen molar-refractivity contribution in [3.63, 3.8) is 0 Å². The van der Waals surface area contributed by atoms with Gasteiger partial charge < -0.3 is 19.6 Å². The highest BCUT2D eigenvalue weighted by molar-refractivity contribution is 5.96. The van der Waals surface area contributed by atoms with Gasteiger partial charge in [0.25, 0.3) is 5.91 Å². The molecule has 1 amide bonds. The van der Waals surface area contributed by atoms with E-state index < -0.39 is 0 Å². The van der Waals surface area contributed by atoms with Gasteiger partial charge in [0, 0.05) is 18.0 Å². The number of carbonyl (C=O) groups is 1. The fourth-order valence-electron chi connectivity index (χ4n) is 3.41. The second kappa shape index (κ2) is 9.99. The zero-order valence-electron chi connectivity index (χ0n) is 18.0. The van der Waals surface area contributed by atoms with Gasteiger partial charge in [0.05, 0.1) is 12.8 Å². The number of ether oxygens (including phenoxy) is 1. The number of fused-ring (bicyclic) bond motifs is 1. The molecule has 0 spiro atoms. The summed E-state index contributed by atoms with van der Waals surface area (Å²) in [5.74, 6) is 0.132. The number of amides is 1. The Morgan fingerprint density at radius 1 is 1.09 bits per heavy atom. The summed E-state index contributed by atoms with van der Waals surface area (Å²) in [6, 6.07) is 19.8. The van der Waals surface area contributed by atoms with Gasteiger partial charge in [-0.05, 0) is 73.0 Å². The van der Waals surface area contributed by atoms with E-state index in [0.29, 0.717) is 41.8 Å². The minimum absolute atomic E-state index is 0.0520. The Hall–Kier alpha value is -4.13. The number of phenolic OH excluding ortho intramolecular Hbond substituents is 1. The van der Waals surface area contributed by atoms with Gasteiger partial charge in [-0.15, -0.1) is 0 Å². The molecule has 4 rings (SSSR count). The Labute approximate surface area is 190 Å². The Kier molecular flexibility index (Phi) is 6.69. The third-order valence-electron chi connectivity index (χ3n) is 5.10. The third-order valence-corrected chi connectivity index (χ3v) is 5.10. The highest BCUT2D eigenvalue weighted by atomic mass is 19.1. The van der Waals surface area contributed by atoms with Gasteiger partial charge in [-0.3, -0.25) is 4.79 Å². The largest absolute Gasteiger partial charge is 0.508 e. The second-order valence-electron chi connectivity index (χ2n) is 7.49. The van der Waals surface area contributed by atoms with Crippen LogP contribution in [0.3, 0.4) is 0 Å². The van der Waals surface area contributed by atoms with Gasteiger partial charge in [0.2, 0.25) is 5.55 Å². The normalized spacial score (nSPS) is 11.5. The lowest BCUT2D eigenvalue weighted by atomic mass is 10.1. The SMILES string of the molecule is COc1ccc(N=c2oc3cc(O)ccc3cc2C(=O)NCCCc2cccc(F)c2)cc1. The monoisotopic (exact) mass is 446 g/mol. The highest BCUT2D eigenvalue weighted by Gasteiger charge is 2.13. The van der Waals surface area contributed by atoms with Gasteiger partial charge in [-0.1, -0.05) is 12.1 Å². The number of nitrogens with one attached hydrogen (secondary N) is 1. The first-order valence-corrected chi connectivity index (χ1v) is 10.5. The lowest BCUT2D eigenvalue weighted by molar-refractivity contribution is 0.0949. The fourth-order valence-corrected chi connectivity index (χ4v) is 3.41. The number of rotatable bonds is 7. The number of halogens is 1. The third kappa shape index (κ3) is 5.57. The summed E-state index contributed by atoms with van der Waals surface area (Å²) >= 11 is 0. The zero-order valence-corrected chi connectivity index (χ0v) is 18.0. The van der Waals surface area contributed by atoms with Crippen LogP contribution in [-0.4, -0.2) is 24.7 Å². The number of nitrogens with zero attached hydrogens (tertiary/aromatic N) is 1. The van der Waals surface area contributed by atoms with E-state index in [2.05, 4.69) is 10.3 Å². The van der Waals surface area contributed by atoms with Crippen molar-refractivity contribution in [2.24, 2.45) is 4.99 Å². The summed E-state index contributed by atoms with van der Waals surface area (Å²) < 4.78 is 24.4. The fraction of sp³-hybridized carbons (Fsp3) is 0.154. The van der Waals surface area contributed by atoms with Crippen LogP contribution in [0.4, 0.5) is 10.1 Å². The Balaban J connectivity index is 1.58. The molecule has 4 aromatic rings. The quantitative estimate of drug-likeness (QED) is 0.396. The van der Waals surface area contributed by atoms with Crippen molar-refractivity contribution in [1.29, 1.82) is 0 Å². The molecular weight excluding hydrogens is 423 g/mol. The molecule has 33 heavy (non-hydrogen) atoms. The van der Waals surface area contributed by atoms with Crippen LogP contribution in [0.2, 0.25) is 0 Å². The van der Waals surface area contributed by atoms with Crippen molar-refractivity contribution in [3.05, 3.63) is 95.3 Å². The molecule has 2 N–H and O–H groups in total. The summed E-state index contributed by atoms with van der Waals surface area (Å²) in [4.78, 5) is 17.5. The number of hydrogen-bond donors (Lipinski definition) is 2. The van der Waals surface area contributed by atoms with Crippen molar-refractivity contribution < 1.29 is 23.4 Å². The van der Waals surface area contributed by atoms with Crippen LogP contribution in [0.5, 0.6) is 11.5 Å². The smallest absolute Gasteiger partial charge is 0.256 e. The van der Waals surface area contributed by atoms with Gasteiger partial charge in [-0.2, -0.15) is 0 Å². The topological polar surface area (TPSA) is 84.1 Å². The van der Waals surface area contributed by atoms with Crippen molar-refractivity contribution in [3.8, 4) is 11.5 Å². The molecule has 0 aliphatic carbocycles. The summed E-state index contributed by atoms with van der Waals surface area (Å²) in [5, 5.41) is 13.3. The minimum atomic E-state index is -0.333. The molecule has 3 aromatic carbocycles. The molecule has 0 atom stereocenters. The second-order valence-corrected chi connectivity index (χ2v) is 7.49. The van der Waals surface area contributed by atoms with E-state index in [1.165, 1.54) is 24.3 Å². The van der Waals surface area contributed by atoms with E-state index in [1.807, 2.05) is 6.07 Å². The summed E-state index contributed by atoms with van der Waals surface area (Å²) in [5.41, 5.74) is 2.26. The first kappa shape index (κ1) is 22.1. The molecule has 7 heteroatoms. The number of aromatic hydroxyl groups is 1. The van der Waals surface area contributed by atoms with Crippen molar-refractivity contribution >= 4 is 22.6 Å². The molecule has 0 fully saturated rings. The van der Waals surface area contributed by atoms with Crippen LogP contribution in [0.1, 0.15) is 22.3 Å². The number of hydrogen-bond acceptors (Lipinski definition) is 5. The number of benzene rings is 3. The molecule has 0 unspecified atom stereocenters. The van der Waals surface area contributed by atoms with Crippen LogP contribution >= 0.6 is 0 Å². The molecular formula is C26H23FN2O4. The van der Waals surface area contributed by atoms with Gasteiger partial charge in [0.1, 0.15) is 28.5 Å². The van der Waals surface area contributed by atoms with E-state index in [1.54, 1.807) is 49.6 Å². The van der Waals surface area contributed by atoms with Gasteiger partial charge >= 0.3 is 0 Å². The van der Waals surface area contributed by atoms with E-state index in [9.17, 15) is 14.3 Å². The van der Waals surface area contributed by atoms with Crippen LogP contribution < -0.4 is 15.6 Å². The number of phenols is 1. The average molecular weight is 446 g/mol. The molecule has 6 nitrogen and oxygen atoms in total. The summed E-state index contributed by atoms with van der Waals surface area (Å²) in [6.07, 6.45) is 1.29. The van der Waals surface area contributed by atoms with Crippen LogP contribution in [0, 0.1) is 5.82 Å². The van der Waals surface area contributed by atoms with Crippen LogP contribution in [-0.2, 0) is 6.42 Å². The van der Waals surface area contributed by atoms with Crippen molar-refractivity contribution in [1.82, 2.24) is 5.32 Å². The molecule has 0 saturated carbocycles. The molecule has 0 saturated heterocycles. The van der Waals surface area contributed by atoms with E-state index in [0.717, 1.165) is 5.56 Å². The summed E-state index contributed by atoms with van der Waals surface area (Å²) in [6.45, 7) is 0.408. The minimum Gasteiger partial charge on any atom is -0.508 e. The first-order valence-electron chi connectivity index (χ1n) is 10.5. The van der Waals surface area contributed by atoms with E-state index in [4.69, 9.17) is 9.15 Å². The molecule has 0 aliphatic rings. The maximum absolute atomic E-state index is 13.3. The van der Waals surface area contributed by atoms with E-state index >= 15 is 0 Å². The van der Waals surface area contributed by atoms with Crippen LogP contribution in [0.15, 0.2) is 82.2 Å². The molecule has 1 aromatic heterocycles. The Morgan fingerprint density at radius 3 is 2.67 bits per heavy atom. The number of methoxy groups -OCH3 is 1. The van der Waals surface area contributed by atoms with Gasteiger partial charge in [-0.25, -0.2) is 9.38 Å². The molecule has 168 valence electrons. The lowest BCUT2D eigenvalue weighted by Gasteiger charge is -2.08. The molecule has 0 bridgehead atoms. The molecule has 0 aliphatic heterocycles. The van der Waals surface area contributed by atoms with Crippen molar-refractivity contribution in [2.75, 3.05) is 13.7 Å². The maximum Gasteiger partial charge on any atom is 0.256 e. The van der Waals surface area contributed by atoms with Gasteiger partial charge in [0.15, 0.2) is 0 Å². The average Bonchev–Trinajstić information content (AvgIpc) is 2.82. The standard InChI is InChI=1S/C26H23FN2O4/c1-32-22-11-8-20(9-12-22)29-26-23(15-18-7-10-21(30)16-24(18)33-26)25(31)28-13-3-5-17-4-2-6-19(27)14-17/h2,4,6-12,14-16,30H,3,5,13H2,1H3,(H,28,31). The van der Waals surface area contributed by atoms with Crippen molar-refractivity contribution in [2.45, 2.75) is 12.8 Å². The number of aryl methyl sites for hydroxylation is 1. The summed E-state index contributed by atoms with van der Waals surface area (Å²) in [7, 11) is 1.58. The predicted octanol–water partition coefficient (Wildman–Crippen LogP) is 4.88. The molecule has 0 radical (unpaired) electrons. The predicted molar refractivity (Wildman–Crippen MR) is 123 cm³/mol. The van der Waals surface area contributed by atoms with Crippen LogP contribution in [0.25, 0.3) is 11.0 Å². The Bertz CT molecular complexity index is 1350. The zero-order chi connectivity index (χ0) is 23.2. The highest BCUT2D eigenvalue weighted by Crippen LogP contribution is 2.21. The van der Waals surface area contributed by atoms with E-state index in [-0.39, 0.29) is 28.6 Å². The Morgan fingerprint density at radius 2 is 1.91 bits per heavy atom. The maximum atomic E-state index is 13.3.